The molecule has 28 heavy (non-hydrogen) atoms. The van der Waals surface area contributed by atoms with Gasteiger partial charge in [0.1, 0.15) is 6.04 Å². The Balaban J connectivity index is 2.07. The molecule has 154 valence electrons. The summed E-state index contributed by atoms with van der Waals surface area (Å²) in [7, 11) is 0. The molecule has 0 saturated carbocycles. The first kappa shape index (κ1) is 21.7. The van der Waals surface area contributed by atoms with E-state index in [1.165, 1.54) is 28.9 Å². The number of nitrogens with one attached hydrogen (secondary N) is 1. The summed E-state index contributed by atoms with van der Waals surface area (Å²) in [5, 5.41) is 2.62. The van der Waals surface area contributed by atoms with E-state index in [0.717, 1.165) is 12.1 Å². The predicted octanol–water partition coefficient (Wildman–Crippen LogP) is 2.15. The highest BCUT2D eigenvalue weighted by molar-refractivity contribution is 5.96. The van der Waals surface area contributed by atoms with Crippen LogP contribution in [0.25, 0.3) is 0 Å². The van der Waals surface area contributed by atoms with Crippen molar-refractivity contribution in [3.8, 4) is 0 Å². The smallest absolute Gasteiger partial charge is 0.344 e. The second kappa shape index (κ2) is 8.62. The highest BCUT2D eigenvalue weighted by Crippen LogP contribution is 2.32. The molecule has 9 heteroatoms. The van der Waals surface area contributed by atoms with E-state index in [2.05, 4.69) is 5.32 Å². The van der Waals surface area contributed by atoms with E-state index in [-0.39, 0.29) is 43.9 Å². The molecule has 1 fully saturated rings. The first-order chi connectivity index (χ1) is 13.0. The molecular weight excluding hydrogens is 375 g/mol. The van der Waals surface area contributed by atoms with E-state index in [9.17, 15) is 27.6 Å². The fraction of sp³-hybridized carbons (Fsp3) is 0.526. The van der Waals surface area contributed by atoms with Crippen LogP contribution in [0.4, 0.5) is 13.2 Å². The lowest BCUT2D eigenvalue weighted by Crippen LogP contribution is -2.57. The first-order valence-electron chi connectivity index (χ1n) is 9.03. The van der Waals surface area contributed by atoms with Crippen molar-refractivity contribution < 1.29 is 27.6 Å². The molecular formula is C19H24F3N3O3. The van der Waals surface area contributed by atoms with E-state index in [4.69, 9.17) is 0 Å². The molecule has 0 radical (unpaired) electrons. The average Bonchev–Trinajstić information content (AvgIpc) is 2.64. The zero-order chi connectivity index (χ0) is 21.1. The maximum atomic E-state index is 13.2. The van der Waals surface area contributed by atoms with E-state index in [1.807, 2.05) is 13.8 Å². The van der Waals surface area contributed by atoms with Gasteiger partial charge in [0, 0.05) is 33.1 Å². The van der Waals surface area contributed by atoms with Gasteiger partial charge in [-0.05, 0) is 18.1 Å². The molecule has 2 rings (SSSR count). The highest BCUT2D eigenvalue weighted by atomic mass is 19.4. The minimum Gasteiger partial charge on any atom is -0.344 e. The Morgan fingerprint density at radius 1 is 1.00 bits per heavy atom. The summed E-state index contributed by atoms with van der Waals surface area (Å²) in [6.07, 6.45) is -4.62. The Bertz CT molecular complexity index is 741. The summed E-state index contributed by atoms with van der Waals surface area (Å²) in [5.41, 5.74) is -1.36. The summed E-state index contributed by atoms with van der Waals surface area (Å²) in [5.74, 6) is -1.39. The molecule has 1 aliphatic heterocycles. The zero-order valence-corrected chi connectivity index (χ0v) is 16.0. The monoisotopic (exact) mass is 399 g/mol. The maximum Gasteiger partial charge on any atom is 0.417 e. The number of rotatable bonds is 4. The molecule has 1 unspecified atom stereocenters. The number of piperazine rings is 1. The van der Waals surface area contributed by atoms with Crippen molar-refractivity contribution in [1.29, 1.82) is 0 Å². The van der Waals surface area contributed by atoms with Crippen LogP contribution in [0, 0.1) is 5.92 Å². The number of benzene rings is 1. The molecule has 1 heterocycles. The van der Waals surface area contributed by atoms with Crippen molar-refractivity contribution in [3.63, 3.8) is 0 Å². The Kier molecular flexibility index (Phi) is 6.69. The van der Waals surface area contributed by atoms with Crippen molar-refractivity contribution in [3.05, 3.63) is 35.4 Å². The van der Waals surface area contributed by atoms with Gasteiger partial charge >= 0.3 is 6.18 Å². The van der Waals surface area contributed by atoms with E-state index in [0.29, 0.717) is 0 Å². The molecule has 1 aliphatic rings. The fourth-order valence-electron chi connectivity index (χ4n) is 3.15. The molecule has 3 amide bonds. The zero-order valence-electron chi connectivity index (χ0n) is 16.0. The first-order valence-corrected chi connectivity index (χ1v) is 9.03. The van der Waals surface area contributed by atoms with E-state index in [1.54, 1.807) is 0 Å². The number of carbonyl (C=O) groups excluding carboxylic acids is 3. The number of amides is 3. The molecule has 1 atom stereocenters. The number of hydrogen-bond acceptors (Lipinski definition) is 3. The third-order valence-electron chi connectivity index (χ3n) is 4.63. The van der Waals surface area contributed by atoms with Gasteiger partial charge in [0.2, 0.25) is 11.8 Å². The van der Waals surface area contributed by atoms with Gasteiger partial charge in [-0.3, -0.25) is 14.4 Å². The van der Waals surface area contributed by atoms with Crippen LogP contribution in [0.5, 0.6) is 0 Å². The predicted molar refractivity (Wildman–Crippen MR) is 96.4 cm³/mol. The van der Waals surface area contributed by atoms with Crippen LogP contribution in [0.2, 0.25) is 0 Å². The molecule has 1 aromatic carbocycles. The van der Waals surface area contributed by atoms with Crippen LogP contribution in [0.3, 0.4) is 0 Å². The van der Waals surface area contributed by atoms with Gasteiger partial charge in [-0.25, -0.2) is 0 Å². The molecule has 0 bridgehead atoms. The third-order valence-corrected chi connectivity index (χ3v) is 4.63. The quantitative estimate of drug-likeness (QED) is 0.844. The summed E-state index contributed by atoms with van der Waals surface area (Å²) in [4.78, 5) is 39.4. The molecule has 1 saturated heterocycles. The molecule has 0 aliphatic carbocycles. The molecule has 0 aromatic heterocycles. The van der Waals surface area contributed by atoms with Crippen molar-refractivity contribution in [1.82, 2.24) is 15.1 Å². The third kappa shape index (κ3) is 5.02. The van der Waals surface area contributed by atoms with Gasteiger partial charge < -0.3 is 15.1 Å². The molecule has 0 spiro atoms. The molecule has 1 N–H and O–H groups in total. The fourth-order valence-corrected chi connectivity index (χ4v) is 3.15. The molecule has 6 nitrogen and oxygen atoms in total. The Labute approximate surface area is 161 Å². The van der Waals surface area contributed by atoms with Crippen LogP contribution < -0.4 is 5.32 Å². The number of nitrogens with zero attached hydrogens (tertiary/aromatic N) is 2. The Hall–Kier alpha value is -2.58. The van der Waals surface area contributed by atoms with Gasteiger partial charge in [0.05, 0.1) is 11.1 Å². The molecule has 1 aromatic rings. The van der Waals surface area contributed by atoms with Crippen LogP contribution in [-0.2, 0) is 15.8 Å². The van der Waals surface area contributed by atoms with Crippen LogP contribution >= 0.6 is 0 Å². The Morgan fingerprint density at radius 2 is 1.54 bits per heavy atom. The lowest BCUT2D eigenvalue weighted by Gasteiger charge is -2.37. The van der Waals surface area contributed by atoms with Crippen LogP contribution in [0.15, 0.2) is 24.3 Å². The summed E-state index contributed by atoms with van der Waals surface area (Å²) in [6.45, 7) is 5.60. The van der Waals surface area contributed by atoms with Crippen molar-refractivity contribution in [2.75, 3.05) is 26.2 Å². The largest absolute Gasteiger partial charge is 0.417 e. The summed E-state index contributed by atoms with van der Waals surface area (Å²) < 4.78 is 39.5. The lowest BCUT2D eigenvalue weighted by molar-refractivity contribution is -0.138. The summed E-state index contributed by atoms with van der Waals surface area (Å²) >= 11 is 0. The SMILES string of the molecule is CC(=O)NC(C(=O)N1CCN(C(=O)c2ccccc2C(F)(F)F)CC1)C(C)C. The van der Waals surface area contributed by atoms with E-state index >= 15 is 0 Å². The number of alkyl halides is 3. The van der Waals surface area contributed by atoms with Crippen LogP contribution in [0.1, 0.15) is 36.7 Å². The standard InChI is InChI=1S/C19H24F3N3O3/c1-12(2)16(23-13(3)26)18(28)25-10-8-24(9-11-25)17(27)14-6-4-5-7-15(14)19(20,21)22/h4-7,12,16H,8-11H2,1-3H3,(H,23,26). The topological polar surface area (TPSA) is 69.7 Å². The minimum atomic E-state index is -4.62. The van der Waals surface area contributed by atoms with Crippen molar-refractivity contribution in [2.45, 2.75) is 33.0 Å². The maximum absolute atomic E-state index is 13.2. The number of halogens is 3. The van der Waals surface area contributed by atoms with Crippen molar-refractivity contribution in [2.24, 2.45) is 5.92 Å². The average molecular weight is 399 g/mol. The van der Waals surface area contributed by atoms with E-state index < -0.39 is 29.3 Å². The normalized spacial score (nSPS) is 16.1. The Morgan fingerprint density at radius 3 is 2.04 bits per heavy atom. The van der Waals surface area contributed by atoms with Gasteiger partial charge in [-0.15, -0.1) is 0 Å². The van der Waals surface area contributed by atoms with Gasteiger partial charge in [0.25, 0.3) is 5.91 Å². The number of hydrogen-bond donors (Lipinski definition) is 1. The highest BCUT2D eigenvalue weighted by Gasteiger charge is 2.37. The number of carbonyl (C=O) groups is 3. The lowest BCUT2D eigenvalue weighted by atomic mass is 10.0. The summed E-state index contributed by atoms with van der Waals surface area (Å²) in [6, 6.07) is 4.00. The minimum absolute atomic E-state index is 0.116. The van der Waals surface area contributed by atoms with Gasteiger partial charge in [0.15, 0.2) is 0 Å². The van der Waals surface area contributed by atoms with Crippen molar-refractivity contribution >= 4 is 17.7 Å². The van der Waals surface area contributed by atoms with Gasteiger partial charge in [-0.2, -0.15) is 13.2 Å². The second-order valence-electron chi connectivity index (χ2n) is 7.08. The van der Waals surface area contributed by atoms with Crippen LogP contribution in [-0.4, -0.2) is 59.7 Å². The van der Waals surface area contributed by atoms with Gasteiger partial charge in [-0.1, -0.05) is 26.0 Å². The second-order valence-corrected chi connectivity index (χ2v) is 7.08.